The Morgan fingerprint density at radius 3 is 2.75 bits per heavy atom. The van der Waals surface area contributed by atoms with Crippen LogP contribution in [-0.4, -0.2) is 17.5 Å². The summed E-state index contributed by atoms with van der Waals surface area (Å²) in [6.45, 7) is 2.23. The van der Waals surface area contributed by atoms with Crippen LogP contribution in [0, 0.1) is 6.92 Å². The maximum absolute atomic E-state index is 11.8. The van der Waals surface area contributed by atoms with Crippen LogP contribution in [0.2, 0.25) is 0 Å². The fraction of sp³-hybridized carbons (Fsp3) is 0.200. The van der Waals surface area contributed by atoms with Crippen molar-refractivity contribution < 1.29 is 9.53 Å². The molecule has 0 aliphatic heterocycles. The van der Waals surface area contributed by atoms with Crippen molar-refractivity contribution in [2.24, 2.45) is 0 Å². The van der Waals surface area contributed by atoms with Crippen LogP contribution in [0.5, 0.6) is 5.75 Å². The zero-order chi connectivity index (χ0) is 14.4. The van der Waals surface area contributed by atoms with Crippen LogP contribution in [0.3, 0.4) is 0 Å². The van der Waals surface area contributed by atoms with Crippen molar-refractivity contribution in [1.29, 1.82) is 0 Å². The summed E-state index contributed by atoms with van der Waals surface area (Å²) in [6.07, 6.45) is 3.60. The number of pyridine rings is 1. The van der Waals surface area contributed by atoms with Crippen LogP contribution in [0.1, 0.15) is 12.0 Å². The maximum atomic E-state index is 11.8. The molecule has 1 aromatic heterocycles. The average molecular weight is 271 g/mol. The molecule has 0 atom stereocenters. The molecule has 0 fully saturated rings. The van der Waals surface area contributed by atoms with Crippen molar-refractivity contribution in [3.8, 4) is 5.75 Å². The molecule has 0 radical (unpaired) electrons. The van der Waals surface area contributed by atoms with E-state index in [9.17, 15) is 4.79 Å². The first-order valence-corrected chi connectivity index (χ1v) is 6.34. The van der Waals surface area contributed by atoms with Crippen LogP contribution < -0.4 is 15.8 Å². The van der Waals surface area contributed by atoms with E-state index in [2.05, 4.69) is 10.3 Å². The number of nitrogen functional groups attached to an aromatic ring is 1. The number of nitrogens with zero attached hydrogens (tertiary/aromatic N) is 1. The highest BCUT2D eigenvalue weighted by atomic mass is 16.5. The molecule has 20 heavy (non-hydrogen) atoms. The zero-order valence-electron chi connectivity index (χ0n) is 11.3. The highest BCUT2D eigenvalue weighted by molar-refractivity contribution is 5.91. The van der Waals surface area contributed by atoms with E-state index in [0.717, 1.165) is 11.3 Å². The van der Waals surface area contributed by atoms with E-state index in [1.54, 1.807) is 36.7 Å². The van der Waals surface area contributed by atoms with Gasteiger partial charge in [-0.25, -0.2) is 0 Å². The number of rotatable bonds is 5. The summed E-state index contributed by atoms with van der Waals surface area (Å²) >= 11 is 0. The summed E-state index contributed by atoms with van der Waals surface area (Å²) in [6, 6.07) is 8.92. The third-order valence-corrected chi connectivity index (χ3v) is 2.79. The van der Waals surface area contributed by atoms with Crippen LogP contribution >= 0.6 is 0 Å². The van der Waals surface area contributed by atoms with E-state index < -0.39 is 0 Å². The van der Waals surface area contributed by atoms with Gasteiger partial charge in [-0.15, -0.1) is 0 Å². The summed E-state index contributed by atoms with van der Waals surface area (Å²) in [5.41, 5.74) is 7.97. The fourth-order valence-corrected chi connectivity index (χ4v) is 1.63. The minimum Gasteiger partial charge on any atom is -0.493 e. The van der Waals surface area contributed by atoms with Gasteiger partial charge in [-0.2, -0.15) is 0 Å². The van der Waals surface area contributed by atoms with Crippen LogP contribution in [0.15, 0.2) is 42.7 Å². The van der Waals surface area contributed by atoms with Gasteiger partial charge in [0.25, 0.3) is 0 Å². The molecule has 0 aliphatic rings. The molecule has 5 heteroatoms. The van der Waals surface area contributed by atoms with Gasteiger partial charge in [0.1, 0.15) is 5.75 Å². The number of anilines is 2. The Kier molecular flexibility index (Phi) is 4.55. The second-order valence-corrected chi connectivity index (χ2v) is 4.41. The van der Waals surface area contributed by atoms with Gasteiger partial charge in [0.05, 0.1) is 24.9 Å². The number of benzene rings is 1. The second kappa shape index (κ2) is 6.56. The molecule has 1 amide bonds. The van der Waals surface area contributed by atoms with Gasteiger partial charge in [-0.1, -0.05) is 0 Å². The van der Waals surface area contributed by atoms with E-state index in [4.69, 9.17) is 10.5 Å². The Morgan fingerprint density at radius 1 is 1.30 bits per heavy atom. The molecule has 2 aromatic rings. The quantitative estimate of drug-likeness (QED) is 0.818. The average Bonchev–Trinajstić information content (AvgIpc) is 2.44. The number of amides is 1. The Morgan fingerprint density at radius 2 is 2.05 bits per heavy atom. The Bertz CT molecular complexity index is 582. The van der Waals surface area contributed by atoms with Gasteiger partial charge in [0.2, 0.25) is 5.91 Å². The lowest BCUT2D eigenvalue weighted by molar-refractivity contribution is -0.116. The van der Waals surface area contributed by atoms with Crippen LogP contribution in [0.25, 0.3) is 0 Å². The Hall–Kier alpha value is -2.56. The van der Waals surface area contributed by atoms with Gasteiger partial charge < -0.3 is 15.8 Å². The Balaban J connectivity index is 1.78. The van der Waals surface area contributed by atoms with Gasteiger partial charge in [-0.05, 0) is 42.8 Å². The van der Waals surface area contributed by atoms with Crippen LogP contribution in [0.4, 0.5) is 11.4 Å². The molecule has 104 valence electrons. The second-order valence-electron chi connectivity index (χ2n) is 4.41. The van der Waals surface area contributed by atoms with Crippen LogP contribution in [-0.2, 0) is 4.79 Å². The van der Waals surface area contributed by atoms with E-state index in [1.165, 1.54) is 0 Å². The minimum absolute atomic E-state index is 0.100. The third kappa shape index (κ3) is 3.98. The van der Waals surface area contributed by atoms with Gasteiger partial charge in [-0.3, -0.25) is 9.78 Å². The van der Waals surface area contributed by atoms with E-state index >= 15 is 0 Å². The standard InChI is InChI=1S/C15H17N3O2/c1-11-6-8-17-10-14(11)18-15(19)7-9-20-13-4-2-12(16)3-5-13/h2-6,8,10H,7,9,16H2,1H3,(H,18,19). The molecule has 0 saturated heterocycles. The normalized spacial score (nSPS) is 10.1. The highest BCUT2D eigenvalue weighted by Crippen LogP contribution is 2.14. The molecule has 0 saturated carbocycles. The number of aromatic nitrogens is 1. The summed E-state index contributed by atoms with van der Waals surface area (Å²) in [7, 11) is 0. The van der Waals surface area contributed by atoms with Gasteiger partial charge >= 0.3 is 0 Å². The lowest BCUT2D eigenvalue weighted by atomic mass is 10.2. The Labute approximate surface area is 117 Å². The number of hydrogen-bond acceptors (Lipinski definition) is 4. The first kappa shape index (κ1) is 13.9. The van der Waals surface area contributed by atoms with Crippen molar-refractivity contribution in [3.05, 3.63) is 48.3 Å². The summed E-state index contributed by atoms with van der Waals surface area (Å²) < 4.78 is 5.47. The van der Waals surface area contributed by atoms with Crippen molar-refractivity contribution in [1.82, 2.24) is 4.98 Å². The number of ether oxygens (including phenoxy) is 1. The van der Waals surface area contributed by atoms with Gasteiger partial charge in [0, 0.05) is 11.9 Å². The molecule has 5 nitrogen and oxygen atoms in total. The van der Waals surface area contributed by atoms with Crippen molar-refractivity contribution in [2.45, 2.75) is 13.3 Å². The predicted molar refractivity (Wildman–Crippen MR) is 78.6 cm³/mol. The first-order chi connectivity index (χ1) is 9.65. The van der Waals surface area contributed by atoms with Crippen molar-refractivity contribution in [3.63, 3.8) is 0 Å². The number of nitrogens with two attached hydrogens (primary N) is 1. The molecule has 2 rings (SSSR count). The van der Waals surface area contributed by atoms with Gasteiger partial charge in [0.15, 0.2) is 0 Å². The highest BCUT2D eigenvalue weighted by Gasteiger charge is 2.05. The SMILES string of the molecule is Cc1ccncc1NC(=O)CCOc1ccc(N)cc1. The van der Waals surface area contributed by atoms with E-state index in [-0.39, 0.29) is 12.3 Å². The maximum Gasteiger partial charge on any atom is 0.227 e. The molecule has 3 N–H and O–H groups in total. The number of carbonyl (C=O) groups is 1. The lowest BCUT2D eigenvalue weighted by Gasteiger charge is -2.08. The van der Waals surface area contributed by atoms with E-state index in [0.29, 0.717) is 18.0 Å². The van der Waals surface area contributed by atoms with E-state index in [1.807, 2.05) is 13.0 Å². The minimum atomic E-state index is -0.100. The molecule has 0 aliphatic carbocycles. The summed E-state index contributed by atoms with van der Waals surface area (Å²) in [5, 5.41) is 2.80. The molecular weight excluding hydrogens is 254 g/mol. The summed E-state index contributed by atoms with van der Waals surface area (Å²) in [4.78, 5) is 15.7. The summed E-state index contributed by atoms with van der Waals surface area (Å²) in [5.74, 6) is 0.598. The number of nitrogens with one attached hydrogen (secondary N) is 1. The zero-order valence-corrected chi connectivity index (χ0v) is 11.3. The van der Waals surface area contributed by atoms with Crippen molar-refractivity contribution in [2.75, 3.05) is 17.7 Å². The molecule has 0 bridgehead atoms. The third-order valence-electron chi connectivity index (χ3n) is 2.79. The molecule has 1 heterocycles. The smallest absolute Gasteiger partial charge is 0.227 e. The lowest BCUT2D eigenvalue weighted by Crippen LogP contribution is -2.16. The number of aryl methyl sites for hydroxylation is 1. The number of carbonyl (C=O) groups excluding carboxylic acids is 1. The molecular formula is C15H17N3O2. The number of hydrogen-bond donors (Lipinski definition) is 2. The molecule has 0 spiro atoms. The predicted octanol–water partition coefficient (Wildman–Crippen LogP) is 2.38. The first-order valence-electron chi connectivity index (χ1n) is 6.34. The monoisotopic (exact) mass is 271 g/mol. The topological polar surface area (TPSA) is 77.2 Å². The molecule has 0 unspecified atom stereocenters. The van der Waals surface area contributed by atoms with Crippen molar-refractivity contribution >= 4 is 17.3 Å². The fourth-order valence-electron chi connectivity index (χ4n) is 1.63. The molecule has 1 aromatic carbocycles. The largest absolute Gasteiger partial charge is 0.493 e.